The Balaban J connectivity index is 1.30. The lowest BCUT2D eigenvalue weighted by Crippen LogP contribution is -2.36. The summed E-state index contributed by atoms with van der Waals surface area (Å²) < 4.78 is 17.2. The van der Waals surface area contributed by atoms with Gasteiger partial charge in [0.25, 0.3) is 5.88 Å². The van der Waals surface area contributed by atoms with Gasteiger partial charge in [0.15, 0.2) is 11.9 Å². The van der Waals surface area contributed by atoms with Crippen LogP contribution in [0.2, 0.25) is 0 Å². The van der Waals surface area contributed by atoms with Crippen molar-refractivity contribution in [3.8, 4) is 11.6 Å². The first-order chi connectivity index (χ1) is 13.3. The maximum atomic E-state index is 10.4. The van der Waals surface area contributed by atoms with Gasteiger partial charge in [-0.25, -0.2) is 4.98 Å². The number of hydrogen-bond donors (Lipinski definition) is 0. The molecule has 2 aliphatic heterocycles. The van der Waals surface area contributed by atoms with Crippen LogP contribution in [0.3, 0.4) is 0 Å². The molecule has 1 aromatic carbocycles. The van der Waals surface area contributed by atoms with Crippen LogP contribution in [0.4, 0.5) is 0 Å². The summed E-state index contributed by atoms with van der Waals surface area (Å²) in [6.45, 7) is 3.61. The zero-order valence-corrected chi connectivity index (χ0v) is 15.3. The molecule has 1 fully saturated rings. The van der Waals surface area contributed by atoms with Gasteiger partial charge in [-0.1, -0.05) is 24.3 Å². The van der Waals surface area contributed by atoms with E-state index in [1.54, 1.807) is 6.20 Å². The van der Waals surface area contributed by atoms with E-state index in [0.717, 1.165) is 44.3 Å². The molecular formula is C21H24N2O4. The van der Waals surface area contributed by atoms with Gasteiger partial charge in [0, 0.05) is 25.8 Å². The van der Waals surface area contributed by atoms with Crippen molar-refractivity contribution in [1.29, 1.82) is 0 Å². The van der Waals surface area contributed by atoms with Crippen LogP contribution in [-0.2, 0) is 16.1 Å². The Kier molecular flexibility index (Phi) is 5.65. The first-order valence-electron chi connectivity index (χ1n) is 9.43. The number of aromatic nitrogens is 1. The van der Waals surface area contributed by atoms with Gasteiger partial charge < -0.3 is 19.0 Å². The normalized spacial score (nSPS) is 20.4. The number of likely N-dealkylation sites (tertiary alicyclic amines) is 1. The number of piperidine rings is 1. The smallest absolute Gasteiger partial charge is 0.257 e. The summed E-state index contributed by atoms with van der Waals surface area (Å²) in [5.74, 6) is 1.25. The number of benzene rings is 1. The molecule has 0 bridgehead atoms. The second-order valence-electron chi connectivity index (χ2n) is 6.94. The number of carbonyl (C=O) groups excluding carboxylic acids is 1. The van der Waals surface area contributed by atoms with Crippen molar-refractivity contribution < 1.29 is 19.0 Å². The van der Waals surface area contributed by atoms with E-state index in [9.17, 15) is 4.79 Å². The molecule has 2 aliphatic rings. The number of pyridine rings is 1. The maximum Gasteiger partial charge on any atom is 0.257 e. The van der Waals surface area contributed by atoms with E-state index in [1.807, 2.05) is 12.1 Å². The molecule has 6 heteroatoms. The lowest BCUT2D eigenvalue weighted by molar-refractivity contribution is -0.114. The van der Waals surface area contributed by atoms with Crippen LogP contribution in [0.5, 0.6) is 11.6 Å². The molecule has 1 unspecified atom stereocenters. The summed E-state index contributed by atoms with van der Waals surface area (Å²) in [5, 5.41) is 0. The molecule has 4 rings (SSSR count). The molecule has 0 amide bonds. The number of hydrogen-bond acceptors (Lipinski definition) is 6. The van der Waals surface area contributed by atoms with E-state index in [2.05, 4.69) is 34.1 Å². The standard InChI is InChI=1S/C21H24N2O4/c24-12-13-25-18-7-10-23(11-8-18)14-16-3-5-17(6-4-16)20-15-26-19-2-1-9-22-21(19)27-20/h1-6,9,12,18,20H,7-8,10-11,13-15H2. The minimum absolute atomic E-state index is 0.132. The highest BCUT2D eigenvalue weighted by molar-refractivity contribution is 5.50. The summed E-state index contributed by atoms with van der Waals surface area (Å²) in [6, 6.07) is 12.2. The number of rotatable bonds is 6. The zero-order chi connectivity index (χ0) is 18.5. The number of carbonyl (C=O) groups is 1. The molecule has 27 heavy (non-hydrogen) atoms. The van der Waals surface area contributed by atoms with Gasteiger partial charge >= 0.3 is 0 Å². The van der Waals surface area contributed by atoms with Crippen LogP contribution < -0.4 is 9.47 Å². The van der Waals surface area contributed by atoms with Crippen LogP contribution in [-0.4, -0.2) is 48.6 Å². The summed E-state index contributed by atoms with van der Waals surface area (Å²) in [5.41, 5.74) is 2.37. The van der Waals surface area contributed by atoms with E-state index in [0.29, 0.717) is 18.2 Å². The van der Waals surface area contributed by atoms with Crippen molar-refractivity contribution in [2.24, 2.45) is 0 Å². The third-order valence-corrected chi connectivity index (χ3v) is 5.07. The van der Waals surface area contributed by atoms with E-state index in [1.165, 1.54) is 5.56 Å². The second-order valence-corrected chi connectivity index (χ2v) is 6.94. The van der Waals surface area contributed by atoms with Crippen molar-refractivity contribution >= 4 is 6.29 Å². The Labute approximate surface area is 159 Å². The monoisotopic (exact) mass is 368 g/mol. The van der Waals surface area contributed by atoms with Crippen LogP contribution >= 0.6 is 0 Å². The summed E-state index contributed by atoms with van der Waals surface area (Å²) in [7, 11) is 0. The summed E-state index contributed by atoms with van der Waals surface area (Å²) >= 11 is 0. The summed E-state index contributed by atoms with van der Waals surface area (Å²) in [6.07, 6.45) is 4.57. The van der Waals surface area contributed by atoms with Crippen molar-refractivity contribution in [2.75, 3.05) is 26.3 Å². The average molecular weight is 368 g/mol. The lowest BCUT2D eigenvalue weighted by atomic mass is 10.0. The Morgan fingerprint density at radius 3 is 2.78 bits per heavy atom. The molecule has 1 aromatic heterocycles. The maximum absolute atomic E-state index is 10.4. The first kappa shape index (κ1) is 17.9. The van der Waals surface area contributed by atoms with Crippen molar-refractivity contribution in [3.05, 3.63) is 53.7 Å². The Bertz CT molecular complexity index is 757. The minimum atomic E-state index is -0.132. The number of aldehydes is 1. The lowest BCUT2D eigenvalue weighted by Gasteiger charge is -2.31. The first-order valence-corrected chi connectivity index (χ1v) is 9.43. The van der Waals surface area contributed by atoms with Crippen molar-refractivity contribution in [2.45, 2.75) is 31.6 Å². The molecule has 1 atom stereocenters. The molecule has 0 saturated carbocycles. The van der Waals surface area contributed by atoms with E-state index < -0.39 is 0 Å². The van der Waals surface area contributed by atoms with Crippen molar-refractivity contribution in [1.82, 2.24) is 9.88 Å². The molecule has 0 N–H and O–H groups in total. The van der Waals surface area contributed by atoms with Crippen LogP contribution in [0.25, 0.3) is 0 Å². The van der Waals surface area contributed by atoms with E-state index >= 15 is 0 Å². The number of ether oxygens (including phenoxy) is 3. The van der Waals surface area contributed by atoms with Gasteiger partial charge in [0.1, 0.15) is 19.5 Å². The van der Waals surface area contributed by atoms with Gasteiger partial charge in [-0.2, -0.15) is 0 Å². The third kappa shape index (κ3) is 4.46. The highest BCUT2D eigenvalue weighted by Crippen LogP contribution is 2.34. The number of fused-ring (bicyclic) bond motifs is 1. The molecule has 1 saturated heterocycles. The van der Waals surface area contributed by atoms with Gasteiger partial charge in [-0.05, 0) is 36.1 Å². The van der Waals surface area contributed by atoms with E-state index in [4.69, 9.17) is 14.2 Å². The predicted octanol–water partition coefficient (Wildman–Crippen LogP) is 2.77. The fourth-order valence-electron chi connectivity index (χ4n) is 3.58. The molecule has 3 heterocycles. The Morgan fingerprint density at radius 1 is 1.19 bits per heavy atom. The molecule has 6 nitrogen and oxygen atoms in total. The quantitative estimate of drug-likeness (QED) is 0.731. The fourth-order valence-corrected chi connectivity index (χ4v) is 3.58. The zero-order valence-electron chi connectivity index (χ0n) is 15.3. The Morgan fingerprint density at radius 2 is 2.00 bits per heavy atom. The largest absolute Gasteiger partial charge is 0.484 e. The fraction of sp³-hybridized carbons (Fsp3) is 0.429. The summed E-state index contributed by atoms with van der Waals surface area (Å²) in [4.78, 5) is 17.1. The highest BCUT2D eigenvalue weighted by atomic mass is 16.6. The molecule has 2 aromatic rings. The van der Waals surface area contributed by atoms with Crippen LogP contribution in [0.1, 0.15) is 30.1 Å². The molecule has 142 valence electrons. The van der Waals surface area contributed by atoms with Gasteiger partial charge in [0.05, 0.1) is 6.10 Å². The van der Waals surface area contributed by atoms with Gasteiger partial charge in [-0.15, -0.1) is 0 Å². The van der Waals surface area contributed by atoms with Crippen molar-refractivity contribution in [3.63, 3.8) is 0 Å². The highest BCUT2D eigenvalue weighted by Gasteiger charge is 2.24. The van der Waals surface area contributed by atoms with Crippen LogP contribution in [0.15, 0.2) is 42.6 Å². The molecule has 0 spiro atoms. The van der Waals surface area contributed by atoms with Gasteiger partial charge in [-0.3, -0.25) is 4.90 Å². The van der Waals surface area contributed by atoms with E-state index in [-0.39, 0.29) is 18.8 Å². The number of nitrogens with zero attached hydrogens (tertiary/aromatic N) is 2. The van der Waals surface area contributed by atoms with Gasteiger partial charge in [0.2, 0.25) is 0 Å². The topological polar surface area (TPSA) is 60.9 Å². The SMILES string of the molecule is O=CCOC1CCN(Cc2ccc(C3COc4cccnc4O3)cc2)CC1. The second kappa shape index (κ2) is 8.50. The van der Waals surface area contributed by atoms with Crippen LogP contribution in [0, 0.1) is 0 Å². The third-order valence-electron chi connectivity index (χ3n) is 5.07. The minimum Gasteiger partial charge on any atom is -0.484 e. The molecular weight excluding hydrogens is 344 g/mol. The Hall–Kier alpha value is -2.44. The molecule has 0 radical (unpaired) electrons. The molecule has 0 aliphatic carbocycles. The predicted molar refractivity (Wildman–Crippen MR) is 99.9 cm³/mol. The average Bonchev–Trinajstić information content (AvgIpc) is 2.73.